The minimum absolute atomic E-state index is 0.382. The summed E-state index contributed by atoms with van der Waals surface area (Å²) < 4.78 is 1.19. The third kappa shape index (κ3) is 4.97. The Hall–Kier alpha value is -0.190. The van der Waals surface area contributed by atoms with Crippen LogP contribution in [0.1, 0.15) is 38.8 Å². The number of hydrogen-bond acceptors (Lipinski definition) is 3. The van der Waals surface area contributed by atoms with Crippen LogP contribution in [0.2, 0.25) is 0 Å². The van der Waals surface area contributed by atoms with Crippen molar-refractivity contribution in [3.8, 4) is 0 Å². The van der Waals surface area contributed by atoms with Gasteiger partial charge in [0.05, 0.1) is 0 Å². The van der Waals surface area contributed by atoms with Crippen molar-refractivity contribution in [3.05, 3.63) is 28.2 Å². The second-order valence-electron chi connectivity index (χ2n) is 5.30. The number of halogens is 1. The lowest BCUT2D eigenvalue weighted by Gasteiger charge is -2.27. The third-order valence-electron chi connectivity index (χ3n) is 3.63. The average Bonchev–Trinajstić information content (AvgIpc) is 2.44. The molecular weight excluding hydrogens is 332 g/mol. The van der Waals surface area contributed by atoms with E-state index in [2.05, 4.69) is 78.4 Å². The molecule has 0 aromatic heterocycles. The predicted octanol–water partition coefficient (Wildman–Crippen LogP) is 4.70. The Labute approximate surface area is 136 Å². The van der Waals surface area contributed by atoms with Gasteiger partial charge in [0.25, 0.3) is 0 Å². The topological polar surface area (TPSA) is 15.3 Å². The van der Waals surface area contributed by atoms with E-state index in [0.29, 0.717) is 12.1 Å². The molecule has 1 rings (SSSR count). The molecule has 1 N–H and O–H groups in total. The lowest BCUT2D eigenvalue weighted by molar-refractivity contribution is 0.569. The molecule has 2 unspecified atom stereocenters. The largest absolute Gasteiger partial charge is 0.371 e. The van der Waals surface area contributed by atoms with E-state index in [-0.39, 0.29) is 0 Å². The maximum atomic E-state index is 3.72. The van der Waals surface area contributed by atoms with Gasteiger partial charge in [-0.15, -0.1) is 0 Å². The molecule has 0 spiro atoms. The molecule has 1 aromatic rings. The standard InChI is InChI=1S/C16H27BrN2S/c1-6-9-18-13(3)15-8-7-14(10-16(15)17)19(4)12(2)11-20-5/h7-8,10,12-13,18H,6,9,11H2,1-5H3. The van der Waals surface area contributed by atoms with Gasteiger partial charge in [-0.25, -0.2) is 0 Å². The van der Waals surface area contributed by atoms with E-state index in [1.54, 1.807) is 0 Å². The van der Waals surface area contributed by atoms with Crippen LogP contribution in [0.25, 0.3) is 0 Å². The van der Waals surface area contributed by atoms with Crippen molar-refractivity contribution < 1.29 is 0 Å². The number of rotatable bonds is 8. The minimum Gasteiger partial charge on any atom is -0.371 e. The van der Waals surface area contributed by atoms with Crippen LogP contribution < -0.4 is 10.2 Å². The molecule has 0 bridgehead atoms. The van der Waals surface area contributed by atoms with Crippen LogP contribution in [0, 0.1) is 0 Å². The molecule has 0 saturated heterocycles. The van der Waals surface area contributed by atoms with Crippen molar-refractivity contribution in [1.82, 2.24) is 5.32 Å². The lowest BCUT2D eigenvalue weighted by Crippen LogP contribution is -2.30. The zero-order chi connectivity index (χ0) is 15.1. The molecule has 2 nitrogen and oxygen atoms in total. The summed E-state index contributed by atoms with van der Waals surface area (Å²) >= 11 is 5.61. The van der Waals surface area contributed by atoms with Gasteiger partial charge in [-0.05, 0) is 50.8 Å². The summed E-state index contributed by atoms with van der Waals surface area (Å²) in [5.74, 6) is 1.14. The van der Waals surface area contributed by atoms with E-state index in [1.807, 2.05) is 11.8 Å². The maximum Gasteiger partial charge on any atom is 0.0377 e. The Balaban J connectivity index is 2.81. The summed E-state index contributed by atoms with van der Waals surface area (Å²) in [7, 11) is 2.17. The second-order valence-corrected chi connectivity index (χ2v) is 7.06. The van der Waals surface area contributed by atoms with Gasteiger partial charge in [0, 0.05) is 35.0 Å². The summed E-state index contributed by atoms with van der Waals surface area (Å²) in [6.07, 6.45) is 3.32. The van der Waals surface area contributed by atoms with Crippen LogP contribution in [0.3, 0.4) is 0 Å². The zero-order valence-electron chi connectivity index (χ0n) is 13.2. The highest BCUT2D eigenvalue weighted by molar-refractivity contribution is 9.10. The highest BCUT2D eigenvalue weighted by atomic mass is 79.9. The second kappa shape index (κ2) is 8.96. The maximum absolute atomic E-state index is 3.72. The van der Waals surface area contributed by atoms with Crippen LogP contribution in [-0.2, 0) is 0 Å². The number of anilines is 1. The van der Waals surface area contributed by atoms with Crippen molar-refractivity contribution in [2.24, 2.45) is 0 Å². The van der Waals surface area contributed by atoms with Gasteiger partial charge in [-0.3, -0.25) is 0 Å². The molecule has 20 heavy (non-hydrogen) atoms. The number of hydrogen-bond donors (Lipinski definition) is 1. The van der Waals surface area contributed by atoms with Crippen LogP contribution in [-0.4, -0.2) is 31.6 Å². The zero-order valence-corrected chi connectivity index (χ0v) is 15.6. The first-order chi connectivity index (χ1) is 9.51. The van der Waals surface area contributed by atoms with E-state index >= 15 is 0 Å². The molecule has 0 aliphatic carbocycles. The van der Waals surface area contributed by atoms with Gasteiger partial charge >= 0.3 is 0 Å². The molecule has 0 fully saturated rings. The molecule has 0 heterocycles. The molecule has 0 saturated carbocycles. The van der Waals surface area contributed by atoms with E-state index in [9.17, 15) is 0 Å². The fraction of sp³-hybridized carbons (Fsp3) is 0.625. The molecule has 1 aromatic carbocycles. The van der Waals surface area contributed by atoms with Crippen molar-refractivity contribution in [1.29, 1.82) is 0 Å². The quantitative estimate of drug-likeness (QED) is 0.724. The Morgan fingerprint density at radius 1 is 1.35 bits per heavy atom. The summed E-state index contributed by atoms with van der Waals surface area (Å²) in [6, 6.07) is 7.61. The minimum atomic E-state index is 0.382. The highest BCUT2D eigenvalue weighted by Crippen LogP contribution is 2.29. The Bertz CT molecular complexity index is 411. The molecular formula is C16H27BrN2S. The summed E-state index contributed by atoms with van der Waals surface area (Å²) in [4.78, 5) is 2.34. The first-order valence-corrected chi connectivity index (χ1v) is 9.44. The van der Waals surface area contributed by atoms with Crippen molar-refractivity contribution in [2.45, 2.75) is 39.3 Å². The van der Waals surface area contributed by atoms with Gasteiger partial charge in [0.2, 0.25) is 0 Å². The van der Waals surface area contributed by atoms with E-state index in [1.165, 1.54) is 15.7 Å². The Morgan fingerprint density at radius 2 is 2.05 bits per heavy atom. The van der Waals surface area contributed by atoms with E-state index < -0.39 is 0 Å². The fourth-order valence-corrected chi connectivity index (χ4v) is 3.58. The Kier molecular flexibility index (Phi) is 8.00. The monoisotopic (exact) mass is 358 g/mol. The summed E-state index contributed by atoms with van der Waals surface area (Å²) in [6.45, 7) is 7.74. The SMILES string of the molecule is CCCNC(C)c1ccc(N(C)C(C)CSC)cc1Br. The average molecular weight is 359 g/mol. The Morgan fingerprint density at radius 3 is 2.60 bits per heavy atom. The first kappa shape index (κ1) is 17.9. The summed E-state index contributed by atoms with van der Waals surface area (Å²) in [5, 5.41) is 3.53. The number of benzene rings is 1. The van der Waals surface area contributed by atoms with Gasteiger partial charge in [-0.2, -0.15) is 11.8 Å². The molecule has 4 heteroatoms. The number of nitrogens with zero attached hydrogens (tertiary/aromatic N) is 1. The van der Waals surface area contributed by atoms with Crippen LogP contribution >= 0.6 is 27.7 Å². The molecule has 0 radical (unpaired) electrons. The van der Waals surface area contributed by atoms with Crippen molar-refractivity contribution in [3.63, 3.8) is 0 Å². The lowest BCUT2D eigenvalue weighted by atomic mass is 10.1. The van der Waals surface area contributed by atoms with Gasteiger partial charge in [0.1, 0.15) is 0 Å². The molecule has 0 aliphatic heterocycles. The fourth-order valence-electron chi connectivity index (χ4n) is 2.16. The van der Waals surface area contributed by atoms with Gasteiger partial charge in [-0.1, -0.05) is 28.9 Å². The third-order valence-corrected chi connectivity index (χ3v) is 5.13. The van der Waals surface area contributed by atoms with E-state index in [4.69, 9.17) is 0 Å². The number of nitrogens with one attached hydrogen (secondary N) is 1. The van der Waals surface area contributed by atoms with E-state index in [0.717, 1.165) is 18.7 Å². The summed E-state index contributed by atoms with van der Waals surface area (Å²) in [5.41, 5.74) is 2.60. The van der Waals surface area contributed by atoms with Crippen LogP contribution in [0.5, 0.6) is 0 Å². The smallest absolute Gasteiger partial charge is 0.0377 e. The van der Waals surface area contributed by atoms with Crippen LogP contribution in [0.4, 0.5) is 5.69 Å². The normalized spacial score (nSPS) is 14.1. The van der Waals surface area contributed by atoms with Gasteiger partial charge < -0.3 is 10.2 Å². The predicted molar refractivity (Wildman–Crippen MR) is 97.1 cm³/mol. The van der Waals surface area contributed by atoms with Crippen molar-refractivity contribution in [2.75, 3.05) is 30.5 Å². The van der Waals surface area contributed by atoms with Crippen LogP contribution in [0.15, 0.2) is 22.7 Å². The molecule has 2 atom stereocenters. The highest BCUT2D eigenvalue weighted by Gasteiger charge is 2.13. The van der Waals surface area contributed by atoms with Crippen molar-refractivity contribution >= 4 is 33.4 Å². The molecule has 114 valence electrons. The molecule has 0 amide bonds. The van der Waals surface area contributed by atoms with Gasteiger partial charge in [0.15, 0.2) is 0 Å². The number of thioether (sulfide) groups is 1. The first-order valence-electron chi connectivity index (χ1n) is 7.25. The molecule has 0 aliphatic rings.